The molecule has 1 aromatic rings. The number of nitrogens with zero attached hydrogens (tertiary/aromatic N) is 1. The summed E-state index contributed by atoms with van der Waals surface area (Å²) in [5, 5.41) is 14.6. The van der Waals surface area contributed by atoms with Gasteiger partial charge in [0.15, 0.2) is 0 Å². The SMILES string of the molecule is CC(C)CC(N)C(=O)NCC(=O)N1CCCC1C(=O)NC(Cc1ccccc1)C(=O)O. The van der Waals surface area contributed by atoms with Crippen molar-refractivity contribution in [2.75, 3.05) is 13.1 Å². The second kappa shape index (κ2) is 11.5. The van der Waals surface area contributed by atoms with Gasteiger partial charge in [-0.3, -0.25) is 14.4 Å². The van der Waals surface area contributed by atoms with Crippen LogP contribution in [0.5, 0.6) is 0 Å². The summed E-state index contributed by atoms with van der Waals surface area (Å²) in [5.41, 5.74) is 6.61. The van der Waals surface area contributed by atoms with Crippen LogP contribution in [0.4, 0.5) is 0 Å². The van der Waals surface area contributed by atoms with Gasteiger partial charge in [-0.2, -0.15) is 0 Å². The molecule has 3 atom stereocenters. The van der Waals surface area contributed by atoms with Gasteiger partial charge in [-0.15, -0.1) is 0 Å². The molecule has 0 bridgehead atoms. The third kappa shape index (κ3) is 7.36. The number of carbonyl (C=O) groups excluding carboxylic acids is 3. The van der Waals surface area contributed by atoms with Gasteiger partial charge >= 0.3 is 5.97 Å². The van der Waals surface area contributed by atoms with E-state index >= 15 is 0 Å². The molecule has 2 rings (SSSR count). The summed E-state index contributed by atoms with van der Waals surface area (Å²) in [7, 11) is 0. The number of aliphatic carboxylic acids is 1. The van der Waals surface area contributed by atoms with Gasteiger partial charge < -0.3 is 26.4 Å². The van der Waals surface area contributed by atoms with Gasteiger partial charge in [0.25, 0.3) is 0 Å². The van der Waals surface area contributed by atoms with E-state index in [2.05, 4.69) is 10.6 Å². The van der Waals surface area contributed by atoms with Crippen LogP contribution in [0.15, 0.2) is 30.3 Å². The second-order valence-corrected chi connectivity index (χ2v) is 8.29. The lowest BCUT2D eigenvalue weighted by molar-refractivity contribution is -0.144. The van der Waals surface area contributed by atoms with E-state index in [-0.39, 0.29) is 18.9 Å². The lowest BCUT2D eigenvalue weighted by Gasteiger charge is -2.26. The van der Waals surface area contributed by atoms with E-state index in [4.69, 9.17) is 5.73 Å². The molecule has 1 aliphatic heterocycles. The monoisotopic (exact) mass is 432 g/mol. The average Bonchev–Trinajstić information content (AvgIpc) is 3.21. The number of carboxylic acid groups (broad SMARTS) is 1. The quantitative estimate of drug-likeness (QED) is 0.418. The zero-order chi connectivity index (χ0) is 23.0. The number of carbonyl (C=O) groups is 4. The van der Waals surface area contributed by atoms with Crippen LogP contribution in [-0.4, -0.2) is 64.9 Å². The molecule has 0 aromatic heterocycles. The molecule has 1 aromatic carbocycles. The van der Waals surface area contributed by atoms with Gasteiger partial charge in [0.1, 0.15) is 12.1 Å². The van der Waals surface area contributed by atoms with Crippen molar-refractivity contribution in [1.29, 1.82) is 0 Å². The first-order valence-electron chi connectivity index (χ1n) is 10.6. The number of hydrogen-bond acceptors (Lipinski definition) is 5. The van der Waals surface area contributed by atoms with E-state index in [0.29, 0.717) is 25.8 Å². The molecule has 1 aliphatic rings. The molecule has 0 spiro atoms. The van der Waals surface area contributed by atoms with E-state index in [1.165, 1.54) is 4.90 Å². The lowest BCUT2D eigenvalue weighted by atomic mass is 10.0. The fourth-order valence-corrected chi connectivity index (χ4v) is 3.67. The Hall–Kier alpha value is -2.94. The number of amides is 3. The highest BCUT2D eigenvalue weighted by Gasteiger charge is 2.36. The molecular weight excluding hydrogens is 400 g/mol. The first kappa shape index (κ1) is 24.3. The van der Waals surface area contributed by atoms with Crippen LogP contribution < -0.4 is 16.4 Å². The van der Waals surface area contributed by atoms with E-state index in [1.807, 2.05) is 19.9 Å². The molecule has 5 N–H and O–H groups in total. The predicted molar refractivity (Wildman–Crippen MR) is 115 cm³/mol. The number of likely N-dealkylation sites (tertiary alicyclic amines) is 1. The molecule has 170 valence electrons. The maximum absolute atomic E-state index is 12.8. The van der Waals surface area contributed by atoms with Crippen molar-refractivity contribution < 1.29 is 24.3 Å². The molecule has 1 fully saturated rings. The fraction of sp³-hybridized carbons (Fsp3) is 0.545. The van der Waals surface area contributed by atoms with Crippen LogP contribution in [-0.2, 0) is 25.6 Å². The maximum atomic E-state index is 12.8. The van der Waals surface area contributed by atoms with Gasteiger partial charge in [0, 0.05) is 13.0 Å². The summed E-state index contributed by atoms with van der Waals surface area (Å²) < 4.78 is 0. The third-order valence-corrected chi connectivity index (χ3v) is 5.25. The highest BCUT2D eigenvalue weighted by atomic mass is 16.4. The first-order valence-corrected chi connectivity index (χ1v) is 10.6. The number of nitrogens with two attached hydrogens (primary N) is 1. The van der Waals surface area contributed by atoms with Crippen LogP contribution >= 0.6 is 0 Å². The Morgan fingerprint density at radius 2 is 1.87 bits per heavy atom. The van der Waals surface area contributed by atoms with Crippen LogP contribution in [0.1, 0.15) is 38.7 Å². The molecule has 9 nitrogen and oxygen atoms in total. The highest BCUT2D eigenvalue weighted by Crippen LogP contribution is 2.18. The minimum Gasteiger partial charge on any atom is -0.480 e. The summed E-state index contributed by atoms with van der Waals surface area (Å²) in [6.45, 7) is 4.03. The van der Waals surface area contributed by atoms with Crippen molar-refractivity contribution in [3.8, 4) is 0 Å². The van der Waals surface area contributed by atoms with Crippen molar-refractivity contribution in [2.24, 2.45) is 11.7 Å². The zero-order valence-corrected chi connectivity index (χ0v) is 18.0. The van der Waals surface area contributed by atoms with E-state index in [9.17, 15) is 24.3 Å². The Kier molecular flexibility index (Phi) is 8.99. The van der Waals surface area contributed by atoms with Crippen molar-refractivity contribution in [1.82, 2.24) is 15.5 Å². The van der Waals surface area contributed by atoms with E-state index < -0.39 is 41.8 Å². The molecule has 0 aliphatic carbocycles. The standard InChI is InChI=1S/C22H32N4O5/c1-14(2)11-16(23)20(28)24-13-19(27)26-10-6-9-18(26)21(29)25-17(22(30)31)12-15-7-4-3-5-8-15/h3-5,7-8,14,16-18H,6,9-13,23H2,1-2H3,(H,24,28)(H,25,29)(H,30,31). The number of carboxylic acids is 1. The van der Waals surface area contributed by atoms with Crippen LogP contribution in [0, 0.1) is 5.92 Å². The molecule has 3 amide bonds. The minimum atomic E-state index is -1.14. The Bertz CT molecular complexity index is 783. The lowest BCUT2D eigenvalue weighted by Crippen LogP contribution is -2.53. The topological polar surface area (TPSA) is 142 Å². The predicted octanol–water partition coefficient (Wildman–Crippen LogP) is 0.279. The largest absolute Gasteiger partial charge is 0.480 e. The number of hydrogen-bond donors (Lipinski definition) is 4. The van der Waals surface area contributed by atoms with Crippen molar-refractivity contribution in [2.45, 2.75) is 57.7 Å². The normalized spacial score (nSPS) is 17.8. The molecular formula is C22H32N4O5. The molecule has 1 heterocycles. The van der Waals surface area contributed by atoms with Crippen molar-refractivity contribution >= 4 is 23.7 Å². The molecule has 31 heavy (non-hydrogen) atoms. The number of nitrogens with one attached hydrogen (secondary N) is 2. The maximum Gasteiger partial charge on any atom is 0.326 e. The molecule has 1 saturated heterocycles. The average molecular weight is 433 g/mol. The minimum absolute atomic E-state index is 0.145. The fourth-order valence-electron chi connectivity index (χ4n) is 3.67. The van der Waals surface area contributed by atoms with Crippen LogP contribution in [0.3, 0.4) is 0 Å². The van der Waals surface area contributed by atoms with Gasteiger partial charge in [0.05, 0.1) is 12.6 Å². The second-order valence-electron chi connectivity index (χ2n) is 8.29. The molecule has 0 saturated carbocycles. The summed E-state index contributed by atoms with van der Waals surface area (Å²) in [6, 6.07) is 6.46. The number of rotatable bonds is 10. The van der Waals surface area contributed by atoms with Crippen molar-refractivity contribution in [3.05, 3.63) is 35.9 Å². The van der Waals surface area contributed by atoms with E-state index in [0.717, 1.165) is 5.56 Å². The Morgan fingerprint density at radius 3 is 2.48 bits per heavy atom. The van der Waals surface area contributed by atoms with Crippen LogP contribution in [0.25, 0.3) is 0 Å². The van der Waals surface area contributed by atoms with Gasteiger partial charge in [-0.25, -0.2) is 4.79 Å². The Morgan fingerprint density at radius 1 is 1.19 bits per heavy atom. The van der Waals surface area contributed by atoms with E-state index in [1.54, 1.807) is 24.3 Å². The highest BCUT2D eigenvalue weighted by molar-refractivity contribution is 5.93. The Balaban J connectivity index is 1.93. The summed E-state index contributed by atoms with van der Waals surface area (Å²) >= 11 is 0. The van der Waals surface area contributed by atoms with Gasteiger partial charge in [-0.1, -0.05) is 44.2 Å². The summed E-state index contributed by atoms with van der Waals surface area (Å²) in [6.07, 6.45) is 1.72. The summed E-state index contributed by atoms with van der Waals surface area (Å²) in [4.78, 5) is 50.4. The molecule has 9 heteroatoms. The summed E-state index contributed by atoms with van der Waals surface area (Å²) in [5.74, 6) is -2.19. The molecule has 3 unspecified atom stereocenters. The third-order valence-electron chi connectivity index (χ3n) is 5.25. The smallest absolute Gasteiger partial charge is 0.326 e. The first-order chi connectivity index (χ1) is 14.7. The number of benzene rings is 1. The van der Waals surface area contributed by atoms with Crippen LogP contribution in [0.2, 0.25) is 0 Å². The van der Waals surface area contributed by atoms with Gasteiger partial charge in [-0.05, 0) is 30.7 Å². The molecule has 0 radical (unpaired) electrons. The Labute approximate surface area is 182 Å². The zero-order valence-electron chi connectivity index (χ0n) is 18.0. The van der Waals surface area contributed by atoms with Gasteiger partial charge in [0.2, 0.25) is 17.7 Å². The van der Waals surface area contributed by atoms with Crippen molar-refractivity contribution in [3.63, 3.8) is 0 Å².